The monoisotopic (exact) mass is 658 g/mol. The number of nitrogens with zero attached hydrogens (tertiary/aromatic N) is 2. The Labute approximate surface area is 290 Å². The fourth-order valence-electron chi connectivity index (χ4n) is 7.95. The van der Waals surface area contributed by atoms with E-state index in [2.05, 4.69) is 161 Å². The number of aromatic nitrogens is 1. The van der Waals surface area contributed by atoms with Crippen molar-refractivity contribution < 1.29 is 4.57 Å². The fourth-order valence-corrected chi connectivity index (χ4v) is 11.2. The van der Waals surface area contributed by atoms with E-state index in [1.54, 1.807) is 0 Å². The zero-order valence-electron chi connectivity index (χ0n) is 27.1. The second kappa shape index (κ2) is 11.2. The van der Waals surface area contributed by atoms with E-state index >= 15 is 4.57 Å². The Hall–Kier alpha value is -6.15. The Morgan fingerprint density at radius 1 is 0.380 bits per heavy atom. The van der Waals surface area contributed by atoms with Crippen LogP contribution in [0.2, 0.25) is 0 Å². The summed E-state index contributed by atoms with van der Waals surface area (Å²) >= 11 is 0. The normalized spacial score (nSPS) is 15.3. The van der Waals surface area contributed by atoms with Gasteiger partial charge in [-0.05, 0) is 82.6 Å². The van der Waals surface area contributed by atoms with Crippen LogP contribution < -0.4 is 20.8 Å². The summed E-state index contributed by atoms with van der Waals surface area (Å²) in [5.41, 5.74) is 8.45. The minimum atomic E-state index is -3.37. The van der Waals surface area contributed by atoms with Crippen LogP contribution >= 0.6 is 7.14 Å². The average Bonchev–Trinajstić information content (AvgIpc) is 3.53. The molecule has 1 aliphatic rings. The van der Waals surface area contributed by atoms with Gasteiger partial charge in [0.1, 0.15) is 0 Å². The molecular weight excluding hydrogens is 627 g/mol. The van der Waals surface area contributed by atoms with Crippen LogP contribution in [-0.2, 0) is 4.57 Å². The Balaban J connectivity index is 1.23. The molecule has 1 unspecified atom stereocenters. The summed E-state index contributed by atoms with van der Waals surface area (Å²) in [7, 11) is -3.37. The van der Waals surface area contributed by atoms with Crippen molar-refractivity contribution in [1.82, 2.24) is 4.57 Å². The highest BCUT2D eigenvalue weighted by Gasteiger charge is 2.42. The molecule has 50 heavy (non-hydrogen) atoms. The third-order valence-electron chi connectivity index (χ3n) is 10.2. The molecule has 1 atom stereocenters. The van der Waals surface area contributed by atoms with Gasteiger partial charge in [-0.3, -0.25) is 0 Å². The quantitative estimate of drug-likeness (QED) is 0.176. The molecule has 1 aliphatic heterocycles. The molecule has 0 spiro atoms. The molecule has 9 aromatic rings. The van der Waals surface area contributed by atoms with Gasteiger partial charge in [-0.2, -0.15) is 0 Å². The first-order chi connectivity index (χ1) is 24.7. The van der Waals surface area contributed by atoms with Crippen LogP contribution in [0, 0.1) is 0 Å². The molecule has 3 nitrogen and oxygen atoms in total. The molecule has 10 rings (SSSR count). The molecule has 0 saturated carbocycles. The summed E-state index contributed by atoms with van der Waals surface area (Å²) in [6.45, 7) is 0. The van der Waals surface area contributed by atoms with Crippen molar-refractivity contribution in [3.8, 4) is 16.8 Å². The van der Waals surface area contributed by atoms with E-state index < -0.39 is 7.14 Å². The van der Waals surface area contributed by atoms with Crippen molar-refractivity contribution in [2.24, 2.45) is 0 Å². The Morgan fingerprint density at radius 3 is 1.74 bits per heavy atom. The molecule has 0 radical (unpaired) electrons. The first-order valence-electron chi connectivity index (χ1n) is 17.0. The molecule has 1 aromatic heterocycles. The SMILES string of the molecule is O=P1(c2cccc3ccccc23)c2ccccc2N(c2ccccc2)c2ccc(-c3cccc(-n4c5ccccc5c5ccccc54)c3)cc21. The van der Waals surface area contributed by atoms with Gasteiger partial charge in [-0.25, -0.2) is 0 Å². The molecule has 0 bridgehead atoms. The predicted molar refractivity (Wildman–Crippen MR) is 211 cm³/mol. The van der Waals surface area contributed by atoms with Gasteiger partial charge in [-0.15, -0.1) is 0 Å². The summed E-state index contributed by atoms with van der Waals surface area (Å²) in [6, 6.07) is 65.6. The van der Waals surface area contributed by atoms with Crippen LogP contribution in [-0.4, -0.2) is 4.57 Å². The third-order valence-corrected chi connectivity index (χ3v) is 13.3. The maximum atomic E-state index is 16.4. The maximum Gasteiger partial charge on any atom is 0.175 e. The predicted octanol–water partition coefficient (Wildman–Crippen LogP) is 11.0. The van der Waals surface area contributed by atoms with Gasteiger partial charge in [0.05, 0.1) is 22.4 Å². The highest BCUT2D eigenvalue weighted by molar-refractivity contribution is 7.86. The number of benzene rings is 8. The van der Waals surface area contributed by atoms with Crippen LogP contribution in [0.15, 0.2) is 188 Å². The highest BCUT2D eigenvalue weighted by atomic mass is 31.2. The third kappa shape index (κ3) is 4.21. The number of anilines is 3. The molecule has 0 N–H and O–H groups in total. The van der Waals surface area contributed by atoms with Gasteiger partial charge in [0.15, 0.2) is 7.14 Å². The summed E-state index contributed by atoms with van der Waals surface area (Å²) in [5.74, 6) is 0. The minimum Gasteiger partial charge on any atom is -0.309 e. The number of hydrogen-bond acceptors (Lipinski definition) is 2. The molecule has 2 heterocycles. The lowest BCUT2D eigenvalue weighted by atomic mass is 10.0. The maximum absolute atomic E-state index is 16.4. The lowest BCUT2D eigenvalue weighted by Crippen LogP contribution is -2.36. The summed E-state index contributed by atoms with van der Waals surface area (Å²) in [6.07, 6.45) is 0. The Morgan fingerprint density at radius 2 is 0.940 bits per heavy atom. The van der Waals surface area contributed by atoms with E-state index in [9.17, 15) is 0 Å². The molecular formula is C46H31N2OP. The highest BCUT2D eigenvalue weighted by Crippen LogP contribution is 2.55. The topological polar surface area (TPSA) is 25.2 Å². The smallest absolute Gasteiger partial charge is 0.175 e. The van der Waals surface area contributed by atoms with Crippen LogP contribution in [0.5, 0.6) is 0 Å². The van der Waals surface area contributed by atoms with Crippen LogP contribution in [0.4, 0.5) is 17.1 Å². The van der Waals surface area contributed by atoms with Gasteiger partial charge in [0, 0.05) is 38.1 Å². The van der Waals surface area contributed by atoms with Crippen molar-refractivity contribution in [2.75, 3.05) is 4.90 Å². The van der Waals surface area contributed by atoms with Gasteiger partial charge < -0.3 is 14.0 Å². The molecule has 0 amide bonds. The Kier molecular flexibility index (Phi) is 6.46. The molecule has 0 aliphatic carbocycles. The number of rotatable bonds is 4. The molecule has 0 fully saturated rings. The lowest BCUT2D eigenvalue weighted by Gasteiger charge is -2.38. The molecule has 0 saturated heterocycles. The first kappa shape index (κ1) is 28.8. The molecule has 4 heteroatoms. The van der Waals surface area contributed by atoms with Crippen molar-refractivity contribution in [1.29, 1.82) is 0 Å². The second-order valence-electron chi connectivity index (χ2n) is 12.9. The summed E-state index contributed by atoms with van der Waals surface area (Å²) in [4.78, 5) is 2.27. The zero-order valence-corrected chi connectivity index (χ0v) is 28.0. The number of fused-ring (bicyclic) bond motifs is 6. The average molecular weight is 659 g/mol. The fraction of sp³-hybridized carbons (Fsp3) is 0. The van der Waals surface area contributed by atoms with E-state index in [-0.39, 0.29) is 0 Å². The molecule has 8 aromatic carbocycles. The van der Waals surface area contributed by atoms with Gasteiger partial charge in [0.25, 0.3) is 0 Å². The van der Waals surface area contributed by atoms with E-state index in [0.717, 1.165) is 60.6 Å². The number of para-hydroxylation sites is 4. The summed E-state index contributed by atoms with van der Waals surface area (Å²) in [5, 5.41) is 7.13. The van der Waals surface area contributed by atoms with Crippen molar-refractivity contribution in [3.05, 3.63) is 188 Å². The largest absolute Gasteiger partial charge is 0.309 e. The first-order valence-corrected chi connectivity index (χ1v) is 18.7. The van der Waals surface area contributed by atoms with E-state index in [4.69, 9.17) is 0 Å². The van der Waals surface area contributed by atoms with Gasteiger partial charge in [0.2, 0.25) is 0 Å². The van der Waals surface area contributed by atoms with Gasteiger partial charge in [-0.1, -0.05) is 127 Å². The van der Waals surface area contributed by atoms with E-state index in [1.165, 1.54) is 21.8 Å². The van der Waals surface area contributed by atoms with Gasteiger partial charge >= 0.3 is 0 Å². The van der Waals surface area contributed by atoms with Crippen molar-refractivity contribution in [2.45, 2.75) is 0 Å². The molecule has 236 valence electrons. The van der Waals surface area contributed by atoms with Crippen molar-refractivity contribution in [3.63, 3.8) is 0 Å². The Bertz CT molecular complexity index is 2760. The second-order valence-corrected chi connectivity index (χ2v) is 15.6. The minimum absolute atomic E-state index is 0.844. The summed E-state index contributed by atoms with van der Waals surface area (Å²) < 4.78 is 18.7. The lowest BCUT2D eigenvalue weighted by molar-refractivity contribution is 0.592. The number of hydrogen-bond donors (Lipinski definition) is 0. The van der Waals surface area contributed by atoms with E-state index in [0.29, 0.717) is 0 Å². The van der Waals surface area contributed by atoms with Crippen LogP contribution in [0.1, 0.15) is 0 Å². The van der Waals surface area contributed by atoms with Crippen LogP contribution in [0.3, 0.4) is 0 Å². The standard InChI is InChI=1S/C46H31N2OP/c49-50(44-27-13-15-32-14-4-5-20-37(32)44)45-26-11-10-25-42(45)47(35-17-2-1-3-18-35)43-29-28-34(31-46(43)50)33-16-12-19-36(30-33)48-40-23-8-6-21-38(40)39-22-7-9-24-41(39)48/h1-31H. The van der Waals surface area contributed by atoms with Crippen LogP contribution in [0.25, 0.3) is 49.4 Å². The van der Waals surface area contributed by atoms with E-state index in [1.807, 2.05) is 36.4 Å². The zero-order chi connectivity index (χ0) is 33.2. The van der Waals surface area contributed by atoms with Crippen molar-refractivity contribution >= 4 is 72.7 Å².